The highest BCUT2D eigenvalue weighted by Gasteiger charge is 2.32. The Hall–Kier alpha value is -3.09. The minimum absolute atomic E-state index is 0.0584. The first kappa shape index (κ1) is 19.2. The van der Waals surface area contributed by atoms with Gasteiger partial charge < -0.3 is 14.2 Å². The number of nitriles is 1. The molecule has 0 spiro atoms. The third kappa shape index (κ3) is 3.77. The number of nitrogens with zero attached hydrogens (tertiary/aromatic N) is 3. The van der Waals surface area contributed by atoms with E-state index in [4.69, 9.17) is 8.83 Å². The molecule has 1 aromatic carbocycles. The van der Waals surface area contributed by atoms with Crippen molar-refractivity contribution in [2.24, 2.45) is 0 Å². The number of hydrogen-bond donors (Lipinski definition) is 1. The number of aryl methyl sites for hydroxylation is 1. The zero-order valence-electron chi connectivity index (χ0n) is 15.9. The Morgan fingerprint density at radius 3 is 2.62 bits per heavy atom. The van der Waals surface area contributed by atoms with Gasteiger partial charge in [0.25, 0.3) is 5.89 Å². The van der Waals surface area contributed by atoms with Crippen LogP contribution in [0.15, 0.2) is 50.1 Å². The molecule has 3 aromatic rings. The number of rotatable bonds is 6. The average molecular weight is 412 g/mol. The minimum atomic E-state index is -3.62. The van der Waals surface area contributed by atoms with Crippen molar-refractivity contribution < 1.29 is 17.3 Å². The Labute approximate surface area is 168 Å². The molecule has 2 aromatic heterocycles. The van der Waals surface area contributed by atoms with E-state index in [0.29, 0.717) is 19.6 Å². The Morgan fingerprint density at radius 2 is 1.93 bits per heavy atom. The van der Waals surface area contributed by atoms with Gasteiger partial charge in [-0.2, -0.15) is 14.6 Å². The monoisotopic (exact) mass is 412 g/mol. The maximum absolute atomic E-state index is 12.8. The molecule has 0 amide bonds. The maximum atomic E-state index is 12.8. The zero-order chi connectivity index (χ0) is 20.4. The first-order valence-electron chi connectivity index (χ1n) is 9.28. The maximum Gasteiger partial charge on any atom is 0.266 e. The van der Waals surface area contributed by atoms with Crippen molar-refractivity contribution >= 4 is 15.9 Å². The molecule has 8 nitrogen and oxygen atoms in total. The summed E-state index contributed by atoms with van der Waals surface area (Å²) in [4.78, 5) is 4.25. The van der Waals surface area contributed by atoms with Crippen LogP contribution in [-0.2, 0) is 16.6 Å². The van der Waals surface area contributed by atoms with Crippen molar-refractivity contribution in [3.63, 3.8) is 0 Å². The van der Waals surface area contributed by atoms with Gasteiger partial charge in [-0.25, -0.2) is 8.42 Å². The highest BCUT2D eigenvalue weighted by molar-refractivity contribution is 7.89. The van der Waals surface area contributed by atoms with Crippen LogP contribution in [0.2, 0.25) is 0 Å². The van der Waals surface area contributed by atoms with E-state index in [9.17, 15) is 13.7 Å². The van der Waals surface area contributed by atoms with Crippen LogP contribution in [-0.4, -0.2) is 30.8 Å². The summed E-state index contributed by atoms with van der Waals surface area (Å²) in [6, 6.07) is 13.0. The number of nitrogens with one attached hydrogen (secondary N) is 1. The molecule has 150 valence electrons. The molecule has 0 atom stereocenters. The van der Waals surface area contributed by atoms with E-state index in [1.165, 1.54) is 10.4 Å². The summed E-state index contributed by atoms with van der Waals surface area (Å²) < 4.78 is 38.4. The van der Waals surface area contributed by atoms with Gasteiger partial charge >= 0.3 is 0 Å². The van der Waals surface area contributed by atoms with Gasteiger partial charge in [-0.15, -0.1) is 0 Å². The van der Waals surface area contributed by atoms with Gasteiger partial charge in [0.2, 0.25) is 21.6 Å². The second-order valence-electron chi connectivity index (χ2n) is 6.79. The summed E-state index contributed by atoms with van der Waals surface area (Å²) in [5, 5.41) is 12.4. The third-order valence-electron chi connectivity index (χ3n) is 4.79. The van der Waals surface area contributed by atoms with Crippen LogP contribution in [0.3, 0.4) is 0 Å². The van der Waals surface area contributed by atoms with Crippen molar-refractivity contribution in [2.45, 2.75) is 31.2 Å². The van der Waals surface area contributed by atoms with E-state index in [1.54, 1.807) is 6.92 Å². The molecule has 1 aliphatic heterocycles. The molecule has 4 rings (SSSR count). The lowest BCUT2D eigenvalue weighted by molar-refractivity contribution is 0.469. The van der Waals surface area contributed by atoms with Gasteiger partial charge in [0.1, 0.15) is 16.7 Å². The average Bonchev–Trinajstić information content (AvgIpc) is 3.46. The number of furan rings is 1. The van der Waals surface area contributed by atoms with Crippen molar-refractivity contribution in [2.75, 3.05) is 18.4 Å². The van der Waals surface area contributed by atoms with Crippen LogP contribution in [0.4, 0.5) is 5.88 Å². The molecule has 1 saturated heterocycles. The Morgan fingerprint density at radius 1 is 1.21 bits per heavy atom. The lowest BCUT2D eigenvalue weighted by Gasteiger charge is -2.14. The Kier molecular flexibility index (Phi) is 5.13. The molecule has 1 fully saturated rings. The van der Waals surface area contributed by atoms with Gasteiger partial charge in [0.05, 0.1) is 0 Å². The molecule has 0 bridgehead atoms. The molecule has 9 heteroatoms. The van der Waals surface area contributed by atoms with E-state index in [2.05, 4.69) is 10.3 Å². The molecule has 0 saturated carbocycles. The van der Waals surface area contributed by atoms with Gasteiger partial charge in [-0.1, -0.05) is 30.3 Å². The number of anilines is 1. The minimum Gasteiger partial charge on any atom is -0.455 e. The lowest BCUT2D eigenvalue weighted by atomic mass is 10.2. The highest BCUT2D eigenvalue weighted by atomic mass is 32.2. The molecule has 29 heavy (non-hydrogen) atoms. The lowest BCUT2D eigenvalue weighted by Crippen LogP contribution is -2.27. The third-order valence-corrected chi connectivity index (χ3v) is 6.80. The molecular weight excluding hydrogens is 392 g/mol. The van der Waals surface area contributed by atoms with Crippen molar-refractivity contribution in [1.82, 2.24) is 9.29 Å². The highest BCUT2D eigenvalue weighted by Crippen LogP contribution is 2.33. The standard InChI is InChI=1S/C20H20N4O4S/c1-14-18(29(25,26)24-9-5-6-10-24)11-17(27-14)20-23-16(12-21)19(28-20)22-13-15-7-3-2-4-8-15/h2-4,7-8,11,22H,5-6,9-10,13H2,1H3. The number of oxazole rings is 1. The first-order chi connectivity index (χ1) is 14.0. The van der Waals surface area contributed by atoms with Gasteiger partial charge in [0, 0.05) is 25.7 Å². The second kappa shape index (κ2) is 7.73. The van der Waals surface area contributed by atoms with Crippen LogP contribution in [0, 0.1) is 18.3 Å². The number of hydrogen-bond acceptors (Lipinski definition) is 7. The summed E-state index contributed by atoms with van der Waals surface area (Å²) in [5.74, 6) is 0.708. The van der Waals surface area contributed by atoms with Gasteiger partial charge in [-0.05, 0) is 25.3 Å². The number of aromatic nitrogens is 1. The topological polar surface area (TPSA) is 112 Å². The van der Waals surface area contributed by atoms with E-state index in [1.807, 2.05) is 36.4 Å². The fourth-order valence-corrected chi connectivity index (χ4v) is 4.97. The Bertz CT molecular complexity index is 1150. The molecule has 3 heterocycles. The van der Waals surface area contributed by atoms with E-state index < -0.39 is 10.0 Å². The smallest absolute Gasteiger partial charge is 0.266 e. The quantitative estimate of drug-likeness (QED) is 0.659. The fraction of sp³-hybridized carbons (Fsp3) is 0.300. The summed E-state index contributed by atoms with van der Waals surface area (Å²) in [6.45, 7) is 3.06. The van der Waals surface area contributed by atoms with Crippen molar-refractivity contribution in [3.8, 4) is 17.7 Å². The summed E-state index contributed by atoms with van der Waals surface area (Å²) in [7, 11) is -3.62. The van der Waals surface area contributed by atoms with E-state index >= 15 is 0 Å². The summed E-state index contributed by atoms with van der Waals surface area (Å²) >= 11 is 0. The normalized spacial score (nSPS) is 14.8. The van der Waals surface area contributed by atoms with Crippen molar-refractivity contribution in [3.05, 3.63) is 53.4 Å². The van der Waals surface area contributed by atoms with Gasteiger partial charge in [0.15, 0.2) is 5.76 Å². The molecule has 0 radical (unpaired) electrons. The number of benzene rings is 1. The van der Waals surface area contributed by atoms with E-state index in [-0.39, 0.29) is 33.9 Å². The van der Waals surface area contributed by atoms with Crippen LogP contribution in [0.5, 0.6) is 0 Å². The molecule has 0 aliphatic carbocycles. The zero-order valence-corrected chi connectivity index (χ0v) is 16.7. The van der Waals surface area contributed by atoms with Crippen LogP contribution in [0.1, 0.15) is 29.9 Å². The van der Waals surface area contributed by atoms with Crippen LogP contribution in [0.25, 0.3) is 11.7 Å². The second-order valence-corrected chi connectivity index (χ2v) is 8.70. The predicted molar refractivity (Wildman–Crippen MR) is 105 cm³/mol. The molecule has 1 N–H and O–H groups in total. The number of sulfonamides is 1. The fourth-order valence-electron chi connectivity index (χ4n) is 3.29. The largest absolute Gasteiger partial charge is 0.455 e. The molecule has 1 aliphatic rings. The molecule has 0 unspecified atom stereocenters. The summed E-state index contributed by atoms with van der Waals surface area (Å²) in [6.07, 6.45) is 1.70. The van der Waals surface area contributed by atoms with Gasteiger partial charge in [-0.3, -0.25) is 0 Å². The predicted octanol–water partition coefficient (Wildman–Crippen LogP) is 3.51. The SMILES string of the molecule is Cc1oc(-c2nc(C#N)c(NCc3ccccc3)o2)cc1S(=O)(=O)N1CCCC1. The summed E-state index contributed by atoms with van der Waals surface area (Å²) in [5.41, 5.74) is 1.09. The van der Waals surface area contributed by atoms with Crippen LogP contribution >= 0.6 is 0 Å². The van der Waals surface area contributed by atoms with E-state index in [0.717, 1.165) is 18.4 Å². The Balaban J connectivity index is 1.61. The molecular formula is C20H20N4O4S. The van der Waals surface area contributed by atoms with Crippen LogP contribution < -0.4 is 5.32 Å². The first-order valence-corrected chi connectivity index (χ1v) is 10.7. The van der Waals surface area contributed by atoms with Crippen molar-refractivity contribution in [1.29, 1.82) is 5.26 Å².